The van der Waals surface area contributed by atoms with Gasteiger partial charge in [0.25, 0.3) is 0 Å². The lowest BCUT2D eigenvalue weighted by molar-refractivity contribution is 0.653. The van der Waals surface area contributed by atoms with E-state index < -0.39 is 0 Å². The molecular formula is C50H34N2O2. The molecule has 0 spiro atoms. The minimum absolute atomic E-state index is 0.770. The van der Waals surface area contributed by atoms with Crippen LogP contribution in [0, 0.1) is 0 Å². The summed E-state index contributed by atoms with van der Waals surface area (Å²) in [4.78, 5) is 4.54. The number of fused-ring (bicyclic) bond motifs is 5. The molecule has 10 aromatic rings. The average Bonchev–Trinajstić information content (AvgIpc) is 3.79. The Hall–Kier alpha value is -7.30. The quantitative estimate of drug-likeness (QED) is 0.158. The topological polar surface area (TPSA) is 32.8 Å². The average molecular weight is 695 g/mol. The number of para-hydroxylation sites is 4. The zero-order valence-corrected chi connectivity index (χ0v) is 29.3. The van der Waals surface area contributed by atoms with E-state index in [1.54, 1.807) is 0 Å². The van der Waals surface area contributed by atoms with Gasteiger partial charge in [0.1, 0.15) is 11.2 Å². The lowest BCUT2D eigenvalue weighted by Crippen LogP contribution is -2.09. The van der Waals surface area contributed by atoms with Crippen molar-refractivity contribution in [3.05, 3.63) is 206 Å². The van der Waals surface area contributed by atoms with Gasteiger partial charge >= 0.3 is 0 Å². The lowest BCUT2D eigenvalue weighted by Gasteiger charge is -2.25. The van der Waals surface area contributed by atoms with Gasteiger partial charge in [0.2, 0.25) is 0 Å². The summed E-state index contributed by atoms with van der Waals surface area (Å²) >= 11 is 0. The number of nitrogens with zero attached hydrogens (tertiary/aromatic N) is 2. The molecule has 2 aromatic heterocycles. The highest BCUT2D eigenvalue weighted by Crippen LogP contribution is 2.41. The van der Waals surface area contributed by atoms with Crippen molar-refractivity contribution in [2.75, 3.05) is 9.80 Å². The molecule has 0 saturated heterocycles. The summed E-state index contributed by atoms with van der Waals surface area (Å²) in [6.45, 7) is 0. The summed E-state index contributed by atoms with van der Waals surface area (Å²) in [6, 6.07) is 72.0. The van der Waals surface area contributed by atoms with Crippen LogP contribution in [0.2, 0.25) is 0 Å². The number of rotatable bonds is 8. The zero-order chi connectivity index (χ0) is 35.8. The molecule has 0 aliphatic heterocycles. The predicted octanol–water partition coefficient (Wildman–Crippen LogP) is 14.6. The van der Waals surface area contributed by atoms with Crippen LogP contribution in [-0.4, -0.2) is 0 Å². The zero-order valence-electron chi connectivity index (χ0n) is 29.3. The van der Waals surface area contributed by atoms with E-state index in [0.717, 1.165) is 89.5 Å². The molecule has 0 fully saturated rings. The summed E-state index contributed by atoms with van der Waals surface area (Å²) in [6.07, 6.45) is 0. The molecule has 2 heterocycles. The molecular weight excluding hydrogens is 661 g/mol. The first-order valence-electron chi connectivity index (χ1n) is 18.2. The molecule has 0 aliphatic rings. The van der Waals surface area contributed by atoms with E-state index in [9.17, 15) is 0 Å². The van der Waals surface area contributed by atoms with E-state index in [4.69, 9.17) is 8.83 Å². The van der Waals surface area contributed by atoms with Gasteiger partial charge in [0.05, 0.1) is 10.8 Å². The molecule has 0 N–H and O–H groups in total. The largest absolute Gasteiger partial charge is 0.452 e. The highest BCUT2D eigenvalue weighted by Gasteiger charge is 2.19. The molecule has 0 saturated carbocycles. The normalized spacial score (nSPS) is 11.3. The van der Waals surface area contributed by atoms with Crippen molar-refractivity contribution in [3.63, 3.8) is 0 Å². The van der Waals surface area contributed by atoms with Crippen molar-refractivity contribution >= 4 is 67.2 Å². The first kappa shape index (κ1) is 31.4. The predicted molar refractivity (Wildman–Crippen MR) is 224 cm³/mol. The number of furan rings is 2. The van der Waals surface area contributed by atoms with Crippen LogP contribution in [-0.2, 0) is 0 Å². The Morgan fingerprint density at radius 2 is 0.537 bits per heavy atom. The van der Waals surface area contributed by atoms with E-state index in [1.807, 2.05) is 36.4 Å². The molecule has 10 rings (SSSR count). The third-order valence-corrected chi connectivity index (χ3v) is 10.1. The van der Waals surface area contributed by atoms with Gasteiger partial charge in [0.15, 0.2) is 11.2 Å². The Kier molecular flexibility index (Phi) is 7.77. The molecule has 0 amide bonds. The second-order valence-corrected chi connectivity index (χ2v) is 13.4. The minimum Gasteiger partial charge on any atom is -0.452 e. The maximum Gasteiger partial charge on any atom is 0.181 e. The third-order valence-electron chi connectivity index (χ3n) is 10.1. The van der Waals surface area contributed by atoms with Crippen LogP contribution in [0.25, 0.3) is 55.4 Å². The Morgan fingerprint density at radius 3 is 0.852 bits per heavy atom. The van der Waals surface area contributed by atoms with Gasteiger partial charge in [0, 0.05) is 34.1 Å². The molecule has 8 aromatic carbocycles. The van der Waals surface area contributed by atoms with Gasteiger partial charge in [-0.3, -0.25) is 0 Å². The van der Waals surface area contributed by atoms with Crippen LogP contribution >= 0.6 is 0 Å². The highest BCUT2D eigenvalue weighted by atomic mass is 16.4. The van der Waals surface area contributed by atoms with E-state index in [1.165, 1.54) is 0 Å². The van der Waals surface area contributed by atoms with Crippen molar-refractivity contribution in [2.24, 2.45) is 0 Å². The lowest BCUT2D eigenvalue weighted by atomic mass is 10.0. The van der Waals surface area contributed by atoms with E-state index in [2.05, 4.69) is 180 Å². The first-order chi connectivity index (χ1) is 26.8. The van der Waals surface area contributed by atoms with Crippen LogP contribution in [0.1, 0.15) is 0 Å². The highest BCUT2D eigenvalue weighted by molar-refractivity contribution is 6.14. The van der Waals surface area contributed by atoms with Crippen LogP contribution in [0.15, 0.2) is 215 Å². The second kappa shape index (κ2) is 13.4. The van der Waals surface area contributed by atoms with Gasteiger partial charge in [-0.2, -0.15) is 0 Å². The summed E-state index contributed by atoms with van der Waals surface area (Å²) < 4.78 is 13.0. The van der Waals surface area contributed by atoms with Crippen molar-refractivity contribution in [1.29, 1.82) is 0 Å². The number of anilines is 6. The smallest absolute Gasteiger partial charge is 0.181 e. The molecule has 54 heavy (non-hydrogen) atoms. The SMILES string of the molecule is c1ccc(N(c2ccccc2)c2ccc(-c3ccc4oc5c6cc(-c7ccc(N(c8ccccc8)c8ccccc8)cc7)ccc6oc5c4c3)cc2)cc1. The van der Waals surface area contributed by atoms with Crippen LogP contribution in [0.3, 0.4) is 0 Å². The Labute approximate surface area is 313 Å². The third kappa shape index (κ3) is 5.67. The fraction of sp³-hybridized carbons (Fsp3) is 0. The fourth-order valence-electron chi connectivity index (χ4n) is 7.43. The molecule has 0 bridgehead atoms. The summed E-state index contributed by atoms with van der Waals surface area (Å²) in [5.74, 6) is 0. The van der Waals surface area contributed by atoms with Crippen molar-refractivity contribution in [2.45, 2.75) is 0 Å². The maximum absolute atomic E-state index is 6.48. The monoisotopic (exact) mass is 694 g/mol. The minimum atomic E-state index is 0.770. The Balaban J connectivity index is 0.969. The van der Waals surface area contributed by atoms with E-state index >= 15 is 0 Å². The standard InChI is InChI=1S/C50H34N2O2/c1-5-13-39(14-6-1)51(40-15-7-2-8-16-40)43-27-21-35(22-28-43)37-25-31-47-45(33-37)49-50(53-47)46-34-38(26-32-48(46)54-49)36-23-29-44(30-24-36)52(41-17-9-3-10-18-41)42-19-11-4-12-20-42/h1-34H. The van der Waals surface area contributed by atoms with Crippen LogP contribution < -0.4 is 9.80 Å². The van der Waals surface area contributed by atoms with Gasteiger partial charge in [-0.05, 0) is 119 Å². The molecule has 0 unspecified atom stereocenters. The van der Waals surface area contributed by atoms with E-state index in [-0.39, 0.29) is 0 Å². The van der Waals surface area contributed by atoms with Crippen molar-refractivity contribution < 1.29 is 8.83 Å². The molecule has 4 heteroatoms. The number of hydrogen-bond acceptors (Lipinski definition) is 4. The molecule has 0 aliphatic carbocycles. The Morgan fingerprint density at radius 1 is 0.259 bits per heavy atom. The summed E-state index contributed by atoms with van der Waals surface area (Å²) in [5, 5.41) is 1.93. The molecule has 0 atom stereocenters. The number of hydrogen-bond donors (Lipinski definition) is 0. The molecule has 0 radical (unpaired) electrons. The van der Waals surface area contributed by atoms with Crippen molar-refractivity contribution in [3.8, 4) is 22.3 Å². The second-order valence-electron chi connectivity index (χ2n) is 13.4. The van der Waals surface area contributed by atoms with Gasteiger partial charge in [-0.15, -0.1) is 0 Å². The first-order valence-corrected chi connectivity index (χ1v) is 18.2. The number of benzene rings is 8. The molecule has 256 valence electrons. The van der Waals surface area contributed by atoms with Crippen molar-refractivity contribution in [1.82, 2.24) is 0 Å². The van der Waals surface area contributed by atoms with Gasteiger partial charge in [-0.25, -0.2) is 0 Å². The van der Waals surface area contributed by atoms with E-state index in [0.29, 0.717) is 0 Å². The molecule has 4 nitrogen and oxygen atoms in total. The van der Waals surface area contributed by atoms with Crippen LogP contribution in [0.5, 0.6) is 0 Å². The fourth-order valence-corrected chi connectivity index (χ4v) is 7.43. The summed E-state index contributed by atoms with van der Waals surface area (Å²) in [5.41, 5.74) is 14.2. The maximum atomic E-state index is 6.48. The summed E-state index contributed by atoms with van der Waals surface area (Å²) in [7, 11) is 0. The van der Waals surface area contributed by atoms with Crippen LogP contribution in [0.4, 0.5) is 34.1 Å². The van der Waals surface area contributed by atoms with Gasteiger partial charge < -0.3 is 18.6 Å². The van der Waals surface area contributed by atoms with Gasteiger partial charge in [-0.1, -0.05) is 109 Å². The Bertz CT molecular complexity index is 2570.